The van der Waals surface area contributed by atoms with Crippen LogP contribution in [0.2, 0.25) is 0 Å². The van der Waals surface area contributed by atoms with Crippen molar-refractivity contribution in [3.8, 4) is 28.8 Å². The van der Waals surface area contributed by atoms with Gasteiger partial charge in [-0.25, -0.2) is 39.6 Å². The Bertz CT molecular complexity index is 7040. The lowest BCUT2D eigenvalue weighted by atomic mass is 9.82. The predicted molar refractivity (Wildman–Crippen MR) is 521 cm³/mol. The van der Waals surface area contributed by atoms with Gasteiger partial charge in [-0.05, 0) is 220 Å². The van der Waals surface area contributed by atoms with Crippen LogP contribution in [0.25, 0.3) is 5.82 Å². The normalized spacial score (nSPS) is 20.1. The zero-order valence-corrected chi connectivity index (χ0v) is 84.6. The molecule has 4 atom stereocenters. The van der Waals surface area contributed by atoms with Crippen molar-refractivity contribution < 1.29 is 122 Å². The van der Waals surface area contributed by atoms with Gasteiger partial charge in [0.2, 0.25) is 27.7 Å². The first-order chi connectivity index (χ1) is 70.0. The molecule has 47 heteroatoms. The molecule has 9 heterocycles. The second-order valence-corrected chi connectivity index (χ2v) is 46.4. The highest BCUT2D eigenvalue weighted by molar-refractivity contribution is 7.91. The molecule has 8 N–H and O–H groups in total. The summed E-state index contributed by atoms with van der Waals surface area (Å²) in [6, 6.07) is 27.1. The molecule has 0 unspecified atom stereocenters. The van der Waals surface area contributed by atoms with Gasteiger partial charge < -0.3 is 56.2 Å². The molecule has 148 heavy (non-hydrogen) atoms. The van der Waals surface area contributed by atoms with Crippen molar-refractivity contribution >= 4 is 88.6 Å². The maximum Gasteiger partial charge on any atom is 0.389 e. The summed E-state index contributed by atoms with van der Waals surface area (Å²) in [5.74, 6) is -0.589. The van der Waals surface area contributed by atoms with Crippen molar-refractivity contribution in [2.24, 2.45) is 17.8 Å². The summed E-state index contributed by atoms with van der Waals surface area (Å²) in [6.45, 7) is 5.82. The number of ether oxygens (including phenoxy) is 4. The average Bonchev–Trinajstić information content (AvgIpc) is 1.57. The summed E-state index contributed by atoms with van der Waals surface area (Å²) in [4.78, 5) is 108. The van der Waals surface area contributed by atoms with Crippen molar-refractivity contribution in [1.29, 1.82) is 0 Å². The first-order valence-electron chi connectivity index (χ1n) is 49.6. The molecule has 3 saturated carbocycles. The number of alkyl halides is 9. The Morgan fingerprint density at radius 1 is 0.453 bits per heavy atom. The van der Waals surface area contributed by atoms with Crippen molar-refractivity contribution in [3.05, 3.63) is 198 Å². The van der Waals surface area contributed by atoms with Crippen molar-refractivity contribution in [2.75, 3.05) is 67.3 Å². The zero-order valence-electron chi connectivity index (χ0n) is 82.1. The molecule has 20 rings (SSSR count). The zero-order chi connectivity index (χ0) is 106. The molecule has 11 aliphatic rings. The fourth-order valence-electron chi connectivity index (χ4n) is 21.2. The molecular weight excluding hydrogens is 2010 g/mol. The molecular formula is C101H116F9N17O18S3. The number of hydrogen-bond donors (Lipinski definition) is 8. The van der Waals surface area contributed by atoms with Crippen molar-refractivity contribution in [1.82, 2.24) is 75.4 Å². The van der Waals surface area contributed by atoms with Crippen LogP contribution < -0.4 is 60.9 Å². The molecule has 0 bridgehead atoms. The number of benzene rings is 4. The number of aryl methyl sites for hydroxylation is 7. The SMILES string of the molecule is CC(=O)NCc1c2c(nn1CCC1CC1)C[C@]1(CCc3cc(OCCCC(F)(F)F)ccc31)NC2=O.CCOc1ccc2c(c1)CC[C@]21Cc2nn(CCC3CC3)c(NC(=O)CS(C)(=O)=O)c2C(=O)N1.CS(=O)(=O)CC(=O)Nc1c2c(nn1-c1ccccn1)C[C@]1(CCc3cc(OCCCC(F)(F)F)ccc31)NC2=O.CS(=O)(=O)NC(=O)c1c2c(nn1CCC1CC1)C[C@]1(CCc3cc(OCCCC(F)(F)F)ccc31)NC2=O. The van der Waals surface area contributed by atoms with Crippen LogP contribution in [0.1, 0.15) is 261 Å². The lowest BCUT2D eigenvalue weighted by molar-refractivity contribution is -0.137. The lowest BCUT2D eigenvalue weighted by Gasteiger charge is -2.35. The quantitative estimate of drug-likeness (QED) is 0.0137. The Morgan fingerprint density at radius 2 is 0.811 bits per heavy atom. The summed E-state index contributed by atoms with van der Waals surface area (Å²) < 4.78 is 212. The van der Waals surface area contributed by atoms with E-state index in [0.717, 1.165) is 138 Å². The number of amides is 8. The highest BCUT2D eigenvalue weighted by atomic mass is 32.2. The second kappa shape index (κ2) is 42.2. The maximum absolute atomic E-state index is 13.5. The molecule has 8 amide bonds. The van der Waals surface area contributed by atoms with Gasteiger partial charge in [-0.1, -0.05) is 68.9 Å². The number of pyridine rings is 1. The number of sulfonamides is 1. The Hall–Kier alpha value is -13.0. The number of anilines is 2. The minimum Gasteiger partial charge on any atom is -0.494 e. The number of carbonyl (C=O) groups excluding carboxylic acids is 8. The largest absolute Gasteiger partial charge is 0.494 e. The highest BCUT2D eigenvalue weighted by Crippen LogP contribution is 2.51. The number of rotatable bonds is 34. The smallest absolute Gasteiger partial charge is 0.389 e. The Kier molecular flexibility index (Phi) is 30.3. The van der Waals surface area contributed by atoms with E-state index in [1.807, 2.05) is 52.7 Å². The molecule has 9 aromatic rings. The number of fused-ring (bicyclic) bond motifs is 12. The average molecular weight is 2120 g/mol. The van der Waals surface area contributed by atoms with Crippen LogP contribution in [-0.2, 0) is 144 Å². The molecule has 0 saturated heterocycles. The number of nitrogens with one attached hydrogen (secondary N) is 8. The minimum absolute atomic E-state index is 0.00109. The van der Waals surface area contributed by atoms with Gasteiger partial charge in [0.1, 0.15) is 57.1 Å². The van der Waals surface area contributed by atoms with Gasteiger partial charge in [-0.15, -0.1) is 0 Å². The molecule has 4 spiro atoms. The third kappa shape index (κ3) is 25.4. The van der Waals surface area contributed by atoms with Crippen molar-refractivity contribution in [3.63, 3.8) is 0 Å². The first-order valence-corrected chi connectivity index (χ1v) is 55.6. The van der Waals surface area contributed by atoms with Gasteiger partial charge in [0, 0.05) is 90.2 Å². The van der Waals surface area contributed by atoms with E-state index in [-0.39, 0.29) is 86.0 Å². The Morgan fingerprint density at radius 3 is 1.20 bits per heavy atom. The first kappa shape index (κ1) is 106. The van der Waals surface area contributed by atoms with E-state index in [4.69, 9.17) is 29.1 Å². The molecule has 4 aliphatic heterocycles. The third-order valence-corrected chi connectivity index (χ3v) is 30.6. The second-order valence-electron chi connectivity index (χ2n) is 40.4. The van der Waals surface area contributed by atoms with Crippen LogP contribution in [-0.4, -0.2) is 192 Å². The third-order valence-electron chi connectivity index (χ3n) is 28.4. The van der Waals surface area contributed by atoms with E-state index in [2.05, 4.69) is 52.4 Å². The van der Waals surface area contributed by atoms with Gasteiger partial charge in [0.25, 0.3) is 29.5 Å². The highest BCUT2D eigenvalue weighted by Gasteiger charge is 2.53. The summed E-state index contributed by atoms with van der Waals surface area (Å²) in [6.07, 6.45) is 5.41. The van der Waals surface area contributed by atoms with E-state index in [9.17, 15) is 103 Å². The minimum atomic E-state index is -4.23. The number of halogens is 9. The number of hydrogen-bond acceptors (Lipinski definition) is 23. The molecule has 3 fully saturated rings. The van der Waals surface area contributed by atoms with Gasteiger partial charge in [-0.2, -0.15) is 64.6 Å². The fourth-order valence-corrected chi connectivity index (χ4v) is 22.7. The molecule has 5 aromatic heterocycles. The summed E-state index contributed by atoms with van der Waals surface area (Å²) >= 11 is 0. The van der Waals surface area contributed by atoms with Crippen LogP contribution in [0.15, 0.2) is 97.2 Å². The van der Waals surface area contributed by atoms with Gasteiger partial charge in [-0.3, -0.25) is 47.7 Å². The fraction of sp³-hybridized carbons (Fsp3) is 0.515. The van der Waals surface area contributed by atoms with Crippen LogP contribution in [0.3, 0.4) is 0 Å². The number of sulfone groups is 2. The van der Waals surface area contributed by atoms with Gasteiger partial charge in [0.15, 0.2) is 31.3 Å². The van der Waals surface area contributed by atoms with E-state index < -0.39 is 131 Å². The van der Waals surface area contributed by atoms with E-state index in [1.54, 1.807) is 59.3 Å². The predicted octanol–water partition coefficient (Wildman–Crippen LogP) is 12.7. The van der Waals surface area contributed by atoms with Crippen LogP contribution >= 0.6 is 0 Å². The van der Waals surface area contributed by atoms with E-state index in [1.165, 1.54) is 48.2 Å². The van der Waals surface area contributed by atoms with E-state index >= 15 is 0 Å². The summed E-state index contributed by atoms with van der Waals surface area (Å²) in [5, 5.41) is 39.4. The maximum atomic E-state index is 13.5. The van der Waals surface area contributed by atoms with Crippen LogP contribution in [0.4, 0.5) is 51.1 Å². The van der Waals surface area contributed by atoms with Crippen molar-refractivity contribution in [2.45, 2.75) is 254 Å². The molecule has 4 aromatic carbocycles. The van der Waals surface area contributed by atoms with Gasteiger partial charge >= 0.3 is 18.5 Å². The summed E-state index contributed by atoms with van der Waals surface area (Å²) in [5.41, 5.74) is 9.16. The topological polar surface area (TPSA) is 456 Å². The van der Waals surface area contributed by atoms with Crippen LogP contribution in [0, 0.1) is 17.8 Å². The molecule has 794 valence electrons. The molecule has 7 aliphatic carbocycles. The Labute approximate surface area is 847 Å². The number of carbonyl (C=O) groups is 8. The summed E-state index contributed by atoms with van der Waals surface area (Å²) in [7, 11) is -11.0. The standard InChI is InChI=1S/C26H26F3N5O5S.C26H31F3N4O3.C25H29F3N4O5S.C24H30N4O5S/c1-40(37,38)15-21(35)31-23-22-19(33-34(23)20-5-2-3-11-30-20)14-25(32-24(22)36)10-8-16-13-17(6-7-18(16)25)39-12-4-9-26(27,28)29;1-16(34)30-15-22-23-21(32-33(22)11-8-17-3-4-17)14-25(31-24(23)35)10-7-18-13-19(5-6-20(18)25)36-12-2-9-26(27,28)29;1-38(35,36)31-23(34)21-20-19(30-32(21)11-8-15-3-4-15)14-24(29-22(20)33)10-7-16-13-17(5-6-18(16)24)37-12-2-9-25(26,27)28;1-3-33-17-6-7-18-16(12-17)8-10-24(18)13-19-21(23(30)26-24)22(25-20(29)14-34(2,31)32)28(27-19)11-9-15-4-5-15/h2-3,5-7,11,13H,4,8-10,12,14-15H2,1H3,(H,31,35)(H,32,36);5-6,13,17H,2-4,7-12,14-15H2,1H3,(H,30,34)(H,31,35);5-6,13,15H,2-4,7-12,14H2,1H3,(H,29,33)(H,31,34);6-7,12,15H,3-5,8-11,13-14H2,1-2H3,(H,25,29)(H,26,30)/t2*25-;2*24-/m0000/s1. The monoisotopic (exact) mass is 2120 g/mol. The van der Waals surface area contributed by atoms with E-state index in [0.29, 0.717) is 152 Å². The Balaban J connectivity index is 0.000000135. The molecule has 35 nitrogen and oxygen atoms in total. The van der Waals surface area contributed by atoms with Gasteiger partial charge in [0.05, 0.1) is 101 Å². The van der Waals surface area contributed by atoms with Crippen LogP contribution in [0.5, 0.6) is 23.0 Å². The molecule has 0 radical (unpaired) electrons. The number of nitrogens with zero attached hydrogens (tertiary/aromatic N) is 9. The lowest BCUT2D eigenvalue weighted by Crippen LogP contribution is -2.50. The number of aromatic nitrogens is 9.